The predicted molar refractivity (Wildman–Crippen MR) is 68.6 cm³/mol. The maximum absolute atomic E-state index is 8.76. The van der Waals surface area contributed by atoms with Crippen LogP contribution in [0.25, 0.3) is 11.3 Å². The first-order valence-corrected chi connectivity index (χ1v) is 6.11. The fraction of sp³-hybridized carbons (Fsp3) is 0.167. The Morgan fingerprint density at radius 3 is 2.82 bits per heavy atom. The number of nitrogens with zero attached hydrogens (tertiary/aromatic N) is 2. The van der Waals surface area contributed by atoms with Crippen molar-refractivity contribution in [3.63, 3.8) is 0 Å². The Bertz CT molecular complexity index is 601. The summed E-state index contributed by atoms with van der Waals surface area (Å²) < 4.78 is 5.14. The molecule has 86 valence electrons. The Hall–Kier alpha value is -1.57. The van der Waals surface area contributed by atoms with Gasteiger partial charge in [-0.05, 0) is 24.6 Å². The second kappa shape index (κ2) is 4.74. The van der Waals surface area contributed by atoms with Gasteiger partial charge >= 0.3 is 0 Å². The molecule has 0 aliphatic heterocycles. The zero-order valence-corrected chi connectivity index (χ0v) is 10.9. The molecular weight excluding hydrogens is 256 g/mol. The van der Waals surface area contributed by atoms with Crippen molar-refractivity contribution in [1.29, 1.82) is 5.26 Å². The molecule has 2 rings (SSSR count). The van der Waals surface area contributed by atoms with Gasteiger partial charge in [0.2, 0.25) is 0 Å². The Kier molecular flexibility index (Phi) is 3.32. The van der Waals surface area contributed by atoms with Crippen molar-refractivity contribution >= 4 is 22.9 Å². The number of rotatable bonds is 2. The third kappa shape index (κ3) is 2.26. The number of methoxy groups -OCH3 is 1. The van der Waals surface area contributed by atoms with E-state index in [0.29, 0.717) is 15.8 Å². The van der Waals surface area contributed by atoms with Crippen LogP contribution in [0.1, 0.15) is 10.6 Å². The summed E-state index contributed by atoms with van der Waals surface area (Å²) in [4.78, 5) is 4.21. The predicted octanol–water partition coefficient (Wildman–Crippen LogP) is 3.65. The van der Waals surface area contributed by atoms with Crippen molar-refractivity contribution in [2.24, 2.45) is 0 Å². The lowest BCUT2D eigenvalue weighted by Gasteiger charge is -2.08. The van der Waals surface area contributed by atoms with Gasteiger partial charge in [-0.1, -0.05) is 11.6 Å². The van der Waals surface area contributed by atoms with Crippen LogP contribution in [0.4, 0.5) is 0 Å². The third-order valence-electron chi connectivity index (χ3n) is 2.37. The molecule has 0 spiro atoms. The van der Waals surface area contributed by atoms with E-state index in [1.165, 1.54) is 11.3 Å². The van der Waals surface area contributed by atoms with Gasteiger partial charge in [-0.15, -0.1) is 11.3 Å². The number of aromatic nitrogens is 1. The fourth-order valence-electron chi connectivity index (χ4n) is 1.54. The molecule has 1 aromatic carbocycles. The van der Waals surface area contributed by atoms with Gasteiger partial charge in [-0.3, -0.25) is 0 Å². The zero-order chi connectivity index (χ0) is 12.4. The summed E-state index contributed by atoms with van der Waals surface area (Å²) >= 11 is 7.40. The third-order valence-corrected chi connectivity index (χ3v) is 3.42. The zero-order valence-electron chi connectivity index (χ0n) is 9.32. The topological polar surface area (TPSA) is 45.9 Å². The molecule has 0 bridgehead atoms. The van der Waals surface area contributed by atoms with Gasteiger partial charge < -0.3 is 4.74 Å². The summed E-state index contributed by atoms with van der Waals surface area (Å²) in [6.45, 7) is 1.96. The monoisotopic (exact) mass is 264 g/mol. The molecular formula is C12H9ClN2OS. The molecule has 0 fully saturated rings. The minimum atomic E-state index is 0.450. The largest absolute Gasteiger partial charge is 0.495 e. The quantitative estimate of drug-likeness (QED) is 0.832. The molecule has 2 aromatic rings. The molecule has 0 unspecified atom stereocenters. The molecule has 0 aliphatic rings. The molecule has 0 amide bonds. The number of ether oxygens (including phenoxy) is 1. The molecule has 0 saturated heterocycles. The van der Waals surface area contributed by atoms with Gasteiger partial charge in [0.05, 0.1) is 17.8 Å². The summed E-state index contributed by atoms with van der Waals surface area (Å²) in [5, 5.41) is 11.6. The summed E-state index contributed by atoms with van der Waals surface area (Å²) in [6, 6.07) is 5.70. The smallest absolute Gasteiger partial charge is 0.194 e. The first-order valence-electron chi connectivity index (χ1n) is 4.86. The van der Waals surface area contributed by atoms with Crippen molar-refractivity contribution in [2.75, 3.05) is 7.11 Å². The Morgan fingerprint density at radius 1 is 1.47 bits per heavy atom. The van der Waals surface area contributed by atoms with Gasteiger partial charge in [0.15, 0.2) is 5.01 Å². The first-order chi connectivity index (χ1) is 8.15. The van der Waals surface area contributed by atoms with Crippen molar-refractivity contribution in [1.82, 2.24) is 4.98 Å². The molecule has 0 aliphatic carbocycles. The van der Waals surface area contributed by atoms with E-state index in [1.54, 1.807) is 7.11 Å². The van der Waals surface area contributed by atoms with Gasteiger partial charge in [0, 0.05) is 10.9 Å². The maximum atomic E-state index is 8.76. The van der Waals surface area contributed by atoms with Gasteiger partial charge in [0.1, 0.15) is 11.8 Å². The standard InChI is InChI=1S/C12H9ClN2OS/c1-7-3-11(16-2)9(13)4-8(7)10-6-17-12(5-14)15-10/h3-4,6H,1-2H3. The van der Waals surface area contributed by atoms with Crippen LogP contribution in [-0.2, 0) is 0 Å². The van der Waals surface area contributed by atoms with Crippen molar-refractivity contribution in [3.05, 3.63) is 33.1 Å². The Labute approximate surface area is 108 Å². The van der Waals surface area contributed by atoms with E-state index in [1.807, 2.05) is 30.5 Å². The highest BCUT2D eigenvalue weighted by Gasteiger charge is 2.11. The lowest BCUT2D eigenvalue weighted by Crippen LogP contribution is -1.89. The number of hydrogen-bond acceptors (Lipinski definition) is 4. The van der Waals surface area contributed by atoms with Crippen molar-refractivity contribution in [2.45, 2.75) is 6.92 Å². The van der Waals surface area contributed by atoms with Gasteiger partial charge in [0.25, 0.3) is 0 Å². The summed E-state index contributed by atoms with van der Waals surface area (Å²) in [6.07, 6.45) is 0. The average Bonchev–Trinajstić information content (AvgIpc) is 2.80. The second-order valence-electron chi connectivity index (χ2n) is 3.45. The van der Waals surface area contributed by atoms with Crippen molar-refractivity contribution < 1.29 is 4.74 Å². The molecule has 1 heterocycles. The minimum Gasteiger partial charge on any atom is -0.495 e. The first kappa shape index (κ1) is 11.9. The van der Waals surface area contributed by atoms with Crippen LogP contribution in [0.2, 0.25) is 5.02 Å². The van der Waals surface area contributed by atoms with Gasteiger partial charge in [-0.25, -0.2) is 4.98 Å². The van der Waals surface area contributed by atoms with E-state index < -0.39 is 0 Å². The van der Waals surface area contributed by atoms with E-state index in [2.05, 4.69) is 4.98 Å². The molecule has 17 heavy (non-hydrogen) atoms. The van der Waals surface area contributed by atoms with Crippen LogP contribution < -0.4 is 4.74 Å². The summed E-state index contributed by atoms with van der Waals surface area (Å²) in [5.74, 6) is 0.642. The van der Waals surface area contributed by atoms with Crippen LogP contribution in [0, 0.1) is 18.3 Å². The average molecular weight is 265 g/mol. The normalized spacial score (nSPS) is 10.0. The Morgan fingerprint density at radius 2 is 2.24 bits per heavy atom. The van der Waals surface area contributed by atoms with Crippen LogP contribution in [0.3, 0.4) is 0 Å². The number of thiazole rings is 1. The highest BCUT2D eigenvalue weighted by molar-refractivity contribution is 7.10. The second-order valence-corrected chi connectivity index (χ2v) is 4.72. The van der Waals surface area contributed by atoms with E-state index in [0.717, 1.165) is 16.8 Å². The number of aryl methyl sites for hydroxylation is 1. The van der Waals surface area contributed by atoms with Crippen LogP contribution in [-0.4, -0.2) is 12.1 Å². The molecule has 0 saturated carbocycles. The summed E-state index contributed by atoms with van der Waals surface area (Å²) in [5.41, 5.74) is 2.71. The van der Waals surface area contributed by atoms with Crippen LogP contribution in [0.15, 0.2) is 17.5 Å². The number of hydrogen-bond donors (Lipinski definition) is 0. The number of halogens is 1. The van der Waals surface area contributed by atoms with E-state index in [4.69, 9.17) is 21.6 Å². The molecule has 0 radical (unpaired) electrons. The highest BCUT2D eigenvalue weighted by atomic mass is 35.5. The van der Waals surface area contributed by atoms with E-state index in [-0.39, 0.29) is 0 Å². The number of nitriles is 1. The van der Waals surface area contributed by atoms with Crippen LogP contribution >= 0.6 is 22.9 Å². The lowest BCUT2D eigenvalue weighted by atomic mass is 10.1. The molecule has 0 N–H and O–H groups in total. The van der Waals surface area contributed by atoms with E-state index >= 15 is 0 Å². The maximum Gasteiger partial charge on any atom is 0.194 e. The summed E-state index contributed by atoms with van der Waals surface area (Å²) in [7, 11) is 1.58. The Balaban J connectivity index is 2.53. The van der Waals surface area contributed by atoms with Crippen LogP contribution in [0.5, 0.6) is 5.75 Å². The molecule has 3 nitrogen and oxygen atoms in total. The lowest BCUT2D eigenvalue weighted by molar-refractivity contribution is 0.415. The fourth-order valence-corrected chi connectivity index (χ4v) is 2.38. The minimum absolute atomic E-state index is 0.450. The molecule has 1 aromatic heterocycles. The van der Waals surface area contributed by atoms with E-state index in [9.17, 15) is 0 Å². The van der Waals surface area contributed by atoms with Crippen molar-refractivity contribution in [3.8, 4) is 23.1 Å². The highest BCUT2D eigenvalue weighted by Crippen LogP contribution is 2.33. The SMILES string of the molecule is COc1cc(C)c(-c2csc(C#N)n2)cc1Cl. The van der Waals surface area contributed by atoms with Gasteiger partial charge in [-0.2, -0.15) is 5.26 Å². The number of benzene rings is 1. The molecule has 0 atom stereocenters. The molecule has 5 heteroatoms.